The van der Waals surface area contributed by atoms with E-state index in [1.807, 2.05) is 0 Å². The summed E-state index contributed by atoms with van der Waals surface area (Å²) in [5.74, 6) is -1.78. The summed E-state index contributed by atoms with van der Waals surface area (Å²) in [5, 5.41) is 3.88. The predicted octanol–water partition coefficient (Wildman–Crippen LogP) is 2.23. The van der Waals surface area contributed by atoms with Gasteiger partial charge in [0.05, 0.1) is 27.6 Å². The monoisotopic (exact) mass is 514 g/mol. The molecule has 0 aromatic heterocycles. The number of nitrogens with zero attached hydrogens (tertiary/aromatic N) is 4. The molecular formula is C24H38F2N5O5+. The van der Waals surface area contributed by atoms with Crippen LogP contribution in [0.3, 0.4) is 0 Å². The highest BCUT2D eigenvalue weighted by Gasteiger charge is 2.52. The SMILES string of the molecule is COC(=O)C1C(=O)CC2CCC1N2CCCF.COC(=O)C1C(N=[N+]=N)CC2CCC1N2CCCF. The summed E-state index contributed by atoms with van der Waals surface area (Å²) in [6.45, 7) is 0.609. The fourth-order valence-corrected chi connectivity index (χ4v) is 6.64. The van der Waals surface area contributed by atoms with Crippen molar-refractivity contribution in [2.75, 3.05) is 40.7 Å². The highest BCUT2D eigenvalue weighted by atomic mass is 19.1. The first-order valence-corrected chi connectivity index (χ1v) is 12.8. The van der Waals surface area contributed by atoms with Crippen molar-refractivity contribution in [3.05, 3.63) is 0 Å². The number of alkyl halides is 2. The van der Waals surface area contributed by atoms with Gasteiger partial charge in [0.2, 0.25) is 4.91 Å². The van der Waals surface area contributed by atoms with Gasteiger partial charge < -0.3 is 9.47 Å². The van der Waals surface area contributed by atoms with Gasteiger partial charge in [0.25, 0.3) is 0 Å². The quantitative estimate of drug-likeness (QED) is 0.216. The zero-order valence-electron chi connectivity index (χ0n) is 21.1. The van der Waals surface area contributed by atoms with Crippen molar-refractivity contribution in [2.24, 2.45) is 17.0 Å². The fourth-order valence-electron chi connectivity index (χ4n) is 6.64. The lowest BCUT2D eigenvalue weighted by atomic mass is 9.85. The number of Topliss-reactive ketones (excluding diaryl/α,β-unsaturated/α-hetero) is 1. The Kier molecular flexibility index (Phi) is 10.4. The zero-order valence-corrected chi connectivity index (χ0v) is 21.1. The van der Waals surface area contributed by atoms with Gasteiger partial charge in [-0.2, -0.15) is 0 Å². The lowest BCUT2D eigenvalue weighted by Crippen LogP contribution is -2.53. The van der Waals surface area contributed by atoms with Crippen LogP contribution in [-0.4, -0.2) is 98.4 Å². The van der Waals surface area contributed by atoms with Crippen LogP contribution in [0, 0.1) is 17.4 Å². The zero-order chi connectivity index (χ0) is 26.2. The molecule has 4 bridgehead atoms. The number of carbonyl (C=O) groups excluding carboxylic acids is 3. The van der Waals surface area contributed by atoms with E-state index in [1.54, 1.807) is 0 Å². The number of piperidine rings is 2. The van der Waals surface area contributed by atoms with Crippen molar-refractivity contribution >= 4 is 17.7 Å². The van der Waals surface area contributed by atoms with Crippen LogP contribution < -0.4 is 4.91 Å². The Balaban J connectivity index is 0.000000202. The Morgan fingerprint density at radius 2 is 1.56 bits per heavy atom. The first kappa shape index (κ1) is 28.3. The summed E-state index contributed by atoms with van der Waals surface area (Å²) < 4.78 is 34.2. The van der Waals surface area contributed by atoms with Crippen LogP contribution in [0.4, 0.5) is 8.78 Å². The first-order chi connectivity index (χ1) is 17.4. The largest absolute Gasteiger partial charge is 0.469 e. The first-order valence-electron chi connectivity index (χ1n) is 12.8. The molecule has 4 saturated heterocycles. The van der Waals surface area contributed by atoms with Crippen LogP contribution >= 0.6 is 0 Å². The van der Waals surface area contributed by atoms with Gasteiger partial charge in [-0.1, -0.05) is 0 Å². The Morgan fingerprint density at radius 1 is 0.972 bits per heavy atom. The molecule has 4 rings (SSSR count). The number of esters is 2. The molecule has 4 aliphatic heterocycles. The number of carbonyl (C=O) groups is 3. The van der Waals surface area contributed by atoms with Gasteiger partial charge in [-0.15, -0.1) is 0 Å². The van der Waals surface area contributed by atoms with Crippen LogP contribution in [0.5, 0.6) is 0 Å². The van der Waals surface area contributed by atoms with E-state index in [2.05, 4.69) is 19.8 Å². The maximum atomic E-state index is 12.4. The number of ketones is 1. The summed E-state index contributed by atoms with van der Waals surface area (Å²) in [6.07, 6.45) is 5.72. The maximum Gasteiger partial charge on any atom is 0.317 e. The van der Waals surface area contributed by atoms with E-state index < -0.39 is 11.9 Å². The van der Waals surface area contributed by atoms with Gasteiger partial charge in [0.15, 0.2) is 0 Å². The summed E-state index contributed by atoms with van der Waals surface area (Å²) >= 11 is 0. The molecule has 7 atom stereocenters. The van der Waals surface area contributed by atoms with Gasteiger partial charge in [-0.3, -0.25) is 33.0 Å². The molecule has 0 aromatic carbocycles. The van der Waals surface area contributed by atoms with Crippen LogP contribution in [0.2, 0.25) is 0 Å². The predicted molar refractivity (Wildman–Crippen MR) is 125 cm³/mol. The number of fused-ring (bicyclic) bond motifs is 4. The molecular weight excluding hydrogens is 476 g/mol. The number of hydrogen-bond donors (Lipinski definition) is 1. The minimum Gasteiger partial charge on any atom is -0.469 e. The molecule has 10 nitrogen and oxygen atoms in total. The number of methoxy groups -OCH3 is 2. The molecule has 7 unspecified atom stereocenters. The van der Waals surface area contributed by atoms with E-state index in [0.717, 1.165) is 25.7 Å². The Bertz CT molecular complexity index is 842. The number of ether oxygens (including phenoxy) is 2. The molecule has 4 fully saturated rings. The van der Waals surface area contributed by atoms with E-state index in [-0.39, 0.29) is 55.2 Å². The average Bonchev–Trinajstić information content (AvgIpc) is 3.33. The van der Waals surface area contributed by atoms with Gasteiger partial charge in [-0.25, -0.2) is 0 Å². The number of rotatable bonds is 9. The van der Waals surface area contributed by atoms with E-state index in [4.69, 9.17) is 15.0 Å². The third-order valence-electron chi connectivity index (χ3n) is 8.13. The third-order valence-corrected chi connectivity index (χ3v) is 8.13. The molecule has 0 spiro atoms. The lowest BCUT2D eigenvalue weighted by Gasteiger charge is -2.39. The van der Waals surface area contributed by atoms with Crippen LogP contribution in [0.15, 0.2) is 5.11 Å². The highest BCUT2D eigenvalue weighted by Crippen LogP contribution is 2.41. The van der Waals surface area contributed by atoms with Crippen molar-refractivity contribution in [3.63, 3.8) is 0 Å². The van der Waals surface area contributed by atoms with Gasteiger partial charge in [0, 0.05) is 43.7 Å². The molecule has 12 heteroatoms. The summed E-state index contributed by atoms with van der Waals surface area (Å²) in [5.41, 5.74) is 6.88. The number of halogens is 2. The van der Waals surface area contributed by atoms with E-state index in [0.29, 0.717) is 44.8 Å². The second kappa shape index (κ2) is 13.3. The molecule has 0 aliphatic carbocycles. The van der Waals surface area contributed by atoms with E-state index in [9.17, 15) is 23.2 Å². The molecule has 1 N–H and O–H groups in total. The molecule has 0 aromatic rings. The van der Waals surface area contributed by atoms with Crippen molar-refractivity contribution < 1.29 is 32.6 Å². The average molecular weight is 515 g/mol. The summed E-state index contributed by atoms with van der Waals surface area (Å²) in [4.78, 5) is 42.9. The Morgan fingerprint density at radius 3 is 2.14 bits per heavy atom. The molecule has 4 heterocycles. The minimum atomic E-state index is -0.654. The standard InChI is InChI=1S/C12H20FN4O2.C12H18FNO3/c1-19-12(18)11-9(15-16-14)7-8-3-4-10(11)17(8)6-2-5-13;1-17-12(16)11-9-4-3-8(7-10(11)15)14(9)6-2-5-13/h8-11,14H,2-7H2,1H3;8-9,11H,2-7H2,1H3/q+1;. The van der Waals surface area contributed by atoms with Gasteiger partial charge in [-0.05, 0) is 44.9 Å². The number of hydrogen-bond acceptors (Lipinski definition) is 9. The molecule has 0 radical (unpaired) electrons. The lowest BCUT2D eigenvalue weighted by molar-refractivity contribution is -0.155. The van der Waals surface area contributed by atoms with Crippen LogP contribution in [0.25, 0.3) is 0 Å². The Hall–Kier alpha value is -2.30. The van der Waals surface area contributed by atoms with Crippen molar-refractivity contribution in [2.45, 2.75) is 81.6 Å². The number of nitrogens with one attached hydrogen (secondary N) is 1. The minimum absolute atomic E-state index is 0.0131. The maximum absolute atomic E-state index is 12.4. The molecule has 36 heavy (non-hydrogen) atoms. The third kappa shape index (κ3) is 5.98. The molecule has 4 aliphatic rings. The fraction of sp³-hybridized carbons (Fsp3) is 0.875. The van der Waals surface area contributed by atoms with Crippen molar-refractivity contribution in [1.82, 2.24) is 14.7 Å². The van der Waals surface area contributed by atoms with Crippen LogP contribution in [0.1, 0.15) is 51.4 Å². The van der Waals surface area contributed by atoms with Crippen molar-refractivity contribution in [3.8, 4) is 0 Å². The molecule has 0 saturated carbocycles. The highest BCUT2D eigenvalue weighted by molar-refractivity contribution is 6.00. The molecule has 0 amide bonds. The Labute approximate surface area is 210 Å². The van der Waals surface area contributed by atoms with Crippen molar-refractivity contribution in [1.29, 1.82) is 5.53 Å². The summed E-state index contributed by atoms with van der Waals surface area (Å²) in [6, 6.07) is 0.241. The van der Waals surface area contributed by atoms with Crippen LogP contribution in [-0.2, 0) is 23.9 Å². The second-order valence-electron chi connectivity index (χ2n) is 9.90. The van der Waals surface area contributed by atoms with Gasteiger partial charge >= 0.3 is 11.9 Å². The topological polar surface area (TPSA) is 126 Å². The smallest absolute Gasteiger partial charge is 0.317 e. The normalized spacial score (nSPS) is 33.3. The summed E-state index contributed by atoms with van der Waals surface area (Å²) in [7, 11) is 2.67. The second-order valence-corrected chi connectivity index (χ2v) is 9.90. The van der Waals surface area contributed by atoms with E-state index in [1.165, 1.54) is 14.2 Å². The molecule has 202 valence electrons. The van der Waals surface area contributed by atoms with Gasteiger partial charge in [0.1, 0.15) is 34.3 Å². The van der Waals surface area contributed by atoms with E-state index >= 15 is 0 Å².